The summed E-state index contributed by atoms with van der Waals surface area (Å²) in [6.45, 7) is 3.14. The van der Waals surface area contributed by atoms with E-state index >= 15 is 4.39 Å². The Bertz CT molecular complexity index is 1700. The van der Waals surface area contributed by atoms with Crippen molar-refractivity contribution < 1.29 is 47.4 Å². The van der Waals surface area contributed by atoms with E-state index in [0.717, 1.165) is 24.5 Å². The van der Waals surface area contributed by atoms with Gasteiger partial charge in [-0.2, -0.15) is 10.4 Å². The summed E-state index contributed by atoms with van der Waals surface area (Å²) in [6.07, 6.45) is 4.78. The molecule has 4 rings (SSSR count). The summed E-state index contributed by atoms with van der Waals surface area (Å²) in [5.74, 6) is -3.44. The summed E-state index contributed by atoms with van der Waals surface area (Å²) >= 11 is 1.25. The number of phosphoric ester groups is 1. The Balaban J connectivity index is 0.000000569. The Morgan fingerprint density at radius 2 is 1.88 bits per heavy atom. The number of carboxylic acid groups (broad SMARTS) is 1. The lowest BCUT2D eigenvalue weighted by molar-refractivity contribution is -0.140. The molecule has 0 aliphatic rings. The number of hydrogen-bond donors (Lipinski definition) is 6. The van der Waals surface area contributed by atoms with Crippen molar-refractivity contribution in [3.63, 3.8) is 0 Å². The Morgan fingerprint density at radius 1 is 1.20 bits per heavy atom. The van der Waals surface area contributed by atoms with Crippen molar-refractivity contribution in [2.45, 2.75) is 57.2 Å². The van der Waals surface area contributed by atoms with Gasteiger partial charge in [0.05, 0.1) is 28.9 Å². The number of phosphoric acid groups is 1. The lowest BCUT2D eigenvalue weighted by atomic mass is 9.81. The van der Waals surface area contributed by atoms with Gasteiger partial charge in [0.1, 0.15) is 35.9 Å². The van der Waals surface area contributed by atoms with Gasteiger partial charge in [0.2, 0.25) is 0 Å². The number of aliphatic carboxylic acids is 1. The quantitative estimate of drug-likeness (QED) is 0.0575. The van der Waals surface area contributed by atoms with Gasteiger partial charge in [0.15, 0.2) is 6.79 Å². The minimum atomic E-state index is -4.93. The van der Waals surface area contributed by atoms with Crippen LogP contribution < -0.4 is 11.5 Å². The van der Waals surface area contributed by atoms with Crippen molar-refractivity contribution in [3.8, 4) is 17.3 Å². The molecule has 0 aliphatic heterocycles. The molecule has 15 nitrogen and oxygen atoms in total. The van der Waals surface area contributed by atoms with Gasteiger partial charge in [0.25, 0.3) is 0 Å². The van der Waals surface area contributed by atoms with Crippen LogP contribution in [0, 0.1) is 23.0 Å². The SMILES string of the molecule is CCO.C[C@@H](c1nc(-c2ccc(C#N)cc2)cs1)[C@@](Cn1cncn1)(OCOP(=O)(O)O)c1ccc(F)cc1F.NCCCC[C@H](N)C(=O)O. The van der Waals surface area contributed by atoms with E-state index in [-0.39, 0.29) is 18.7 Å². The molecule has 19 heteroatoms. The Kier molecular flexibility index (Phi) is 17.4. The molecule has 0 bridgehead atoms. The smallest absolute Gasteiger partial charge is 0.471 e. The molecule has 2 heterocycles. The molecule has 0 aliphatic carbocycles. The third-order valence-electron chi connectivity index (χ3n) is 6.98. The molecule has 272 valence electrons. The van der Waals surface area contributed by atoms with Gasteiger partial charge in [-0.15, -0.1) is 11.3 Å². The second kappa shape index (κ2) is 20.6. The Morgan fingerprint density at radius 3 is 2.42 bits per heavy atom. The first-order chi connectivity index (χ1) is 23.7. The maximum absolute atomic E-state index is 15.2. The molecular weight excluding hydrogens is 699 g/mol. The third kappa shape index (κ3) is 13.0. The highest BCUT2D eigenvalue weighted by atomic mass is 32.1. The number of thiazole rings is 1. The molecule has 0 amide bonds. The zero-order valence-corrected chi connectivity index (χ0v) is 29.0. The zero-order chi connectivity index (χ0) is 37.3. The van der Waals surface area contributed by atoms with Crippen LogP contribution in [-0.2, 0) is 30.8 Å². The minimum absolute atomic E-state index is 0.0960. The number of rotatable bonds is 15. The summed E-state index contributed by atoms with van der Waals surface area (Å²) < 4.78 is 52.2. The van der Waals surface area contributed by atoms with Gasteiger partial charge >= 0.3 is 13.8 Å². The van der Waals surface area contributed by atoms with Crippen LogP contribution in [0.3, 0.4) is 0 Å². The number of aromatic nitrogens is 4. The summed E-state index contributed by atoms with van der Waals surface area (Å²) in [6, 6.07) is 11.1. The van der Waals surface area contributed by atoms with Crippen LogP contribution >= 0.6 is 19.2 Å². The lowest BCUT2D eigenvalue weighted by Gasteiger charge is -2.38. The Labute approximate surface area is 291 Å². The minimum Gasteiger partial charge on any atom is -0.480 e. The molecule has 0 saturated carbocycles. The van der Waals surface area contributed by atoms with Crippen LogP contribution in [0.2, 0.25) is 0 Å². The summed E-state index contributed by atoms with van der Waals surface area (Å²) in [4.78, 5) is 37.1. The van der Waals surface area contributed by atoms with Gasteiger partial charge in [-0.3, -0.25) is 9.32 Å². The van der Waals surface area contributed by atoms with Crippen molar-refractivity contribution in [1.82, 2.24) is 19.7 Å². The van der Waals surface area contributed by atoms with E-state index in [1.54, 1.807) is 43.5 Å². The molecule has 0 spiro atoms. The number of carbonyl (C=O) groups is 1. The van der Waals surface area contributed by atoms with Gasteiger partial charge in [0, 0.05) is 35.1 Å². The molecule has 50 heavy (non-hydrogen) atoms. The number of unbranched alkanes of at least 4 members (excludes halogenated alkanes) is 1. The second-order valence-corrected chi connectivity index (χ2v) is 12.6. The fourth-order valence-electron chi connectivity index (χ4n) is 4.46. The number of hydrogen-bond acceptors (Lipinski definition) is 12. The average Bonchev–Trinajstić information content (AvgIpc) is 3.77. The van der Waals surface area contributed by atoms with E-state index < -0.39 is 49.8 Å². The van der Waals surface area contributed by atoms with Crippen LogP contribution in [0.15, 0.2) is 60.5 Å². The number of nitrogens with zero attached hydrogens (tertiary/aromatic N) is 5. The summed E-state index contributed by atoms with van der Waals surface area (Å²) in [5.41, 5.74) is 10.4. The van der Waals surface area contributed by atoms with Crippen molar-refractivity contribution in [2.24, 2.45) is 11.5 Å². The first kappa shape index (κ1) is 42.1. The number of ether oxygens (including phenoxy) is 1. The maximum Gasteiger partial charge on any atom is 0.471 e. The fourth-order valence-corrected chi connectivity index (χ4v) is 5.61. The van der Waals surface area contributed by atoms with E-state index in [9.17, 15) is 23.5 Å². The fraction of sp³-hybridized carbons (Fsp3) is 0.387. The number of halogens is 2. The van der Waals surface area contributed by atoms with Crippen LogP contribution in [0.5, 0.6) is 0 Å². The van der Waals surface area contributed by atoms with Crippen LogP contribution in [-0.4, -0.2) is 71.7 Å². The van der Waals surface area contributed by atoms with Crippen molar-refractivity contribution in [2.75, 3.05) is 19.9 Å². The van der Waals surface area contributed by atoms with E-state index in [4.69, 9.17) is 31.7 Å². The molecule has 0 fully saturated rings. The number of benzene rings is 2. The summed E-state index contributed by atoms with van der Waals surface area (Å²) in [5, 5.41) is 31.3. The highest BCUT2D eigenvalue weighted by molar-refractivity contribution is 7.46. The molecule has 8 N–H and O–H groups in total. The van der Waals surface area contributed by atoms with Crippen molar-refractivity contribution in [3.05, 3.63) is 88.3 Å². The zero-order valence-electron chi connectivity index (χ0n) is 27.3. The standard InChI is InChI=1S/C23H20F2N5O5PS.C6H14N2O2.C2H6O/c1-15(22-29-21(10-37-22)17-4-2-16(9-26)3-5-17)23(11-30-13-27-12-28-30,34-14-35-36(31,32)33)19-7-6-18(24)8-20(19)25;7-4-2-1-3-5(8)6(9)10;1-2-3/h2-8,10,12-13,15H,11,14H2,1H3,(H2,31,32,33);5H,1-4,7-8H2,(H,9,10);3H,2H2,1H3/t15-,23+;5-;/m00./s1. The molecule has 0 unspecified atom stereocenters. The number of carboxylic acids is 1. The van der Waals surface area contributed by atoms with Gasteiger partial charge in [-0.05, 0) is 44.5 Å². The maximum atomic E-state index is 15.2. The highest BCUT2D eigenvalue weighted by Gasteiger charge is 2.45. The normalized spacial score (nSPS) is 13.4. The van der Waals surface area contributed by atoms with Crippen LogP contribution in [0.25, 0.3) is 11.3 Å². The number of aliphatic hydroxyl groups is 1. The number of aliphatic hydroxyl groups excluding tert-OH is 1. The first-order valence-electron chi connectivity index (χ1n) is 15.1. The predicted octanol–water partition coefficient (Wildman–Crippen LogP) is 3.86. The largest absolute Gasteiger partial charge is 0.480 e. The summed E-state index contributed by atoms with van der Waals surface area (Å²) in [7, 11) is -4.93. The molecule has 0 saturated heterocycles. The molecule has 2 aromatic heterocycles. The van der Waals surface area contributed by atoms with Crippen LogP contribution in [0.4, 0.5) is 8.78 Å². The molecule has 3 atom stereocenters. The van der Waals surface area contributed by atoms with Crippen LogP contribution in [0.1, 0.15) is 55.2 Å². The van der Waals surface area contributed by atoms with E-state index in [2.05, 4.69) is 25.7 Å². The molecule has 4 aromatic rings. The number of nitrogens with two attached hydrogens (primary N) is 2. The van der Waals surface area contributed by atoms with E-state index in [0.29, 0.717) is 35.3 Å². The van der Waals surface area contributed by atoms with E-state index in [1.165, 1.54) is 34.7 Å². The molecular formula is C31H40F2N7O8PS. The third-order valence-corrected chi connectivity index (χ3v) is 8.45. The molecule has 2 aromatic carbocycles. The molecule has 0 radical (unpaired) electrons. The van der Waals surface area contributed by atoms with Gasteiger partial charge in [-0.25, -0.2) is 28.0 Å². The predicted molar refractivity (Wildman–Crippen MR) is 179 cm³/mol. The van der Waals surface area contributed by atoms with Crippen molar-refractivity contribution in [1.29, 1.82) is 5.26 Å². The van der Waals surface area contributed by atoms with E-state index in [1.807, 2.05) is 0 Å². The highest BCUT2D eigenvalue weighted by Crippen LogP contribution is 2.46. The monoisotopic (exact) mass is 739 g/mol. The first-order valence-corrected chi connectivity index (χ1v) is 17.5. The average molecular weight is 740 g/mol. The second-order valence-electron chi connectivity index (χ2n) is 10.5. The number of nitriles is 1. The van der Waals surface area contributed by atoms with Gasteiger partial charge < -0.3 is 36.2 Å². The van der Waals surface area contributed by atoms with Crippen molar-refractivity contribution >= 4 is 25.1 Å². The Hall–Kier alpha value is -4.02. The lowest BCUT2D eigenvalue weighted by Crippen LogP contribution is -2.41. The topological polar surface area (TPSA) is 253 Å². The van der Waals surface area contributed by atoms with Gasteiger partial charge in [-0.1, -0.05) is 31.5 Å².